The monoisotopic (exact) mass is 617 g/mol. The first kappa shape index (κ1) is 28.4. The highest BCUT2D eigenvalue weighted by molar-refractivity contribution is 5.43. The summed E-state index contributed by atoms with van der Waals surface area (Å²) in [5, 5.41) is 0. The SMILES string of the molecule is c1ccc(CN2CCOCCC34OC5(CCOCCN(Cc6ccccc6)Cc6cccc(n6)C2)C2C6CC(C7C6C5C73)C24)cc1. The molecule has 4 heterocycles. The van der Waals surface area contributed by atoms with Crippen molar-refractivity contribution in [1.82, 2.24) is 14.8 Å². The summed E-state index contributed by atoms with van der Waals surface area (Å²) < 4.78 is 20.5. The molecule has 6 nitrogen and oxygen atoms in total. The van der Waals surface area contributed by atoms with Gasteiger partial charge in [-0.3, -0.25) is 14.8 Å². The normalized spacial score (nSPS) is 41.3. The number of aromatic nitrogens is 1. The Morgan fingerprint density at radius 2 is 1.09 bits per heavy atom. The van der Waals surface area contributed by atoms with Gasteiger partial charge in [0.1, 0.15) is 0 Å². The van der Waals surface area contributed by atoms with Crippen molar-refractivity contribution < 1.29 is 14.2 Å². The van der Waals surface area contributed by atoms with Gasteiger partial charge in [-0.25, -0.2) is 0 Å². The van der Waals surface area contributed by atoms with E-state index in [-0.39, 0.29) is 11.2 Å². The number of pyridine rings is 1. The molecule has 1 aromatic heterocycles. The summed E-state index contributed by atoms with van der Waals surface area (Å²) in [6.45, 7) is 8.31. The van der Waals surface area contributed by atoms with E-state index in [1.54, 1.807) is 0 Å². The fourth-order valence-electron chi connectivity index (χ4n) is 12.6. The van der Waals surface area contributed by atoms with Crippen LogP contribution in [0.1, 0.15) is 41.8 Å². The van der Waals surface area contributed by atoms with Crippen LogP contribution in [0.5, 0.6) is 0 Å². The lowest BCUT2D eigenvalue weighted by Crippen LogP contribution is -2.52. The first-order chi connectivity index (χ1) is 22.7. The van der Waals surface area contributed by atoms with Crippen LogP contribution in [0.4, 0.5) is 0 Å². The highest BCUT2D eigenvalue weighted by Gasteiger charge is 2.96. The molecule has 8 aliphatic rings. The summed E-state index contributed by atoms with van der Waals surface area (Å²) in [6, 6.07) is 28.2. The number of ether oxygens (including phenoxy) is 3. The van der Waals surface area contributed by atoms with E-state index in [9.17, 15) is 0 Å². The Hall–Kier alpha value is -2.61. The van der Waals surface area contributed by atoms with Crippen molar-refractivity contribution in [2.75, 3.05) is 39.5 Å². The van der Waals surface area contributed by atoms with E-state index in [1.807, 2.05) is 0 Å². The fraction of sp³-hybridized carbons (Fsp3) is 0.575. The molecule has 10 atom stereocenters. The minimum absolute atomic E-state index is 0.0911. The Kier molecular flexibility index (Phi) is 6.77. The lowest BCUT2D eigenvalue weighted by atomic mass is 9.54. The summed E-state index contributed by atoms with van der Waals surface area (Å²) >= 11 is 0. The number of rotatable bonds is 4. The van der Waals surface area contributed by atoms with Crippen LogP contribution in [0.2, 0.25) is 0 Å². The third kappa shape index (κ3) is 4.16. The standard InChI is InChI=1S/C40H47N3O3/c1-3-8-27(9-4-1)23-42-16-20-44-18-14-39-35-31-22-32-34-33(31)37(39)38(34)40(46-39,36(32)35)15-19-45-21-17-43(24-28-10-5-2-6-11-28)26-30-13-7-12-29(25-42)41-30/h1-13,31-38H,14-26H2. The quantitative estimate of drug-likeness (QED) is 0.369. The molecule has 3 aliphatic heterocycles. The lowest BCUT2D eigenvalue weighted by Gasteiger charge is -2.48. The molecule has 0 amide bonds. The molecule has 2 aromatic carbocycles. The molecule has 46 heavy (non-hydrogen) atoms. The number of hydrogen-bond acceptors (Lipinski definition) is 6. The lowest BCUT2D eigenvalue weighted by molar-refractivity contribution is -0.0966. The third-order valence-corrected chi connectivity index (χ3v) is 13.7. The van der Waals surface area contributed by atoms with E-state index in [1.165, 1.54) is 17.5 Å². The molecule has 3 aromatic rings. The summed E-state index contributed by atoms with van der Waals surface area (Å²) in [5.41, 5.74) is 5.08. The first-order valence-electron chi connectivity index (χ1n) is 18.1. The van der Waals surface area contributed by atoms with Crippen LogP contribution in [0.3, 0.4) is 0 Å². The molecule has 2 saturated heterocycles. The smallest absolute Gasteiger partial charge is 0.0781 e. The Morgan fingerprint density at radius 1 is 0.587 bits per heavy atom. The van der Waals surface area contributed by atoms with E-state index in [2.05, 4.69) is 88.7 Å². The van der Waals surface area contributed by atoms with Crippen molar-refractivity contribution >= 4 is 0 Å². The summed E-state index contributed by atoms with van der Waals surface area (Å²) in [6.07, 6.45) is 3.66. The molecule has 6 heteroatoms. The molecule has 5 saturated carbocycles. The molecule has 6 bridgehead atoms. The van der Waals surface area contributed by atoms with Crippen molar-refractivity contribution in [1.29, 1.82) is 0 Å². The van der Waals surface area contributed by atoms with E-state index in [0.717, 1.165) is 137 Å². The second-order valence-corrected chi connectivity index (χ2v) is 15.6. The topological polar surface area (TPSA) is 47.1 Å². The second kappa shape index (κ2) is 11.0. The van der Waals surface area contributed by atoms with Crippen molar-refractivity contribution in [2.45, 2.75) is 56.6 Å². The highest BCUT2D eigenvalue weighted by Crippen LogP contribution is 2.93. The van der Waals surface area contributed by atoms with Crippen molar-refractivity contribution in [3.8, 4) is 0 Å². The number of fused-ring (bicyclic) bond motifs is 2. The zero-order valence-corrected chi connectivity index (χ0v) is 26.9. The van der Waals surface area contributed by atoms with Crippen LogP contribution in [-0.4, -0.2) is 65.5 Å². The molecule has 0 N–H and O–H groups in total. The van der Waals surface area contributed by atoms with Gasteiger partial charge < -0.3 is 14.2 Å². The molecule has 10 unspecified atom stereocenters. The van der Waals surface area contributed by atoms with Crippen molar-refractivity contribution in [3.05, 3.63) is 101 Å². The van der Waals surface area contributed by atoms with Crippen LogP contribution in [0, 0.1) is 47.3 Å². The van der Waals surface area contributed by atoms with Crippen LogP contribution >= 0.6 is 0 Å². The first-order valence-corrected chi connectivity index (χ1v) is 18.1. The Balaban J connectivity index is 0.915. The van der Waals surface area contributed by atoms with Gasteiger partial charge in [-0.1, -0.05) is 66.7 Å². The minimum Gasteiger partial charge on any atom is -0.380 e. The Bertz CT molecular complexity index is 1460. The van der Waals surface area contributed by atoms with E-state index in [0.29, 0.717) is 0 Å². The van der Waals surface area contributed by atoms with Gasteiger partial charge in [-0.2, -0.15) is 0 Å². The summed E-state index contributed by atoms with van der Waals surface area (Å²) in [4.78, 5) is 10.2. The summed E-state index contributed by atoms with van der Waals surface area (Å²) in [5.74, 6) is 6.94. The zero-order chi connectivity index (χ0) is 30.3. The van der Waals surface area contributed by atoms with E-state index < -0.39 is 0 Å². The predicted octanol–water partition coefficient (Wildman–Crippen LogP) is 5.81. The predicted molar refractivity (Wildman–Crippen MR) is 175 cm³/mol. The van der Waals surface area contributed by atoms with E-state index in [4.69, 9.17) is 19.2 Å². The number of hydrogen-bond donors (Lipinski definition) is 0. The number of nitrogens with zero attached hydrogens (tertiary/aromatic N) is 3. The van der Waals surface area contributed by atoms with E-state index >= 15 is 0 Å². The van der Waals surface area contributed by atoms with Crippen molar-refractivity contribution in [3.63, 3.8) is 0 Å². The Morgan fingerprint density at radius 3 is 1.59 bits per heavy atom. The second-order valence-electron chi connectivity index (χ2n) is 15.6. The highest BCUT2D eigenvalue weighted by atomic mass is 16.6. The zero-order valence-electron chi connectivity index (χ0n) is 26.9. The van der Waals surface area contributed by atoms with Gasteiger partial charge in [0.15, 0.2) is 0 Å². The van der Waals surface area contributed by atoms with Gasteiger partial charge >= 0.3 is 0 Å². The van der Waals surface area contributed by atoms with Crippen LogP contribution < -0.4 is 0 Å². The Labute approximate surface area is 273 Å². The average molecular weight is 618 g/mol. The molecular weight excluding hydrogens is 570 g/mol. The summed E-state index contributed by atoms with van der Waals surface area (Å²) in [7, 11) is 0. The minimum atomic E-state index is 0.0911. The molecule has 5 aliphatic carbocycles. The fourth-order valence-corrected chi connectivity index (χ4v) is 12.6. The number of benzene rings is 2. The van der Waals surface area contributed by atoms with Crippen LogP contribution in [-0.2, 0) is 40.4 Å². The van der Waals surface area contributed by atoms with Gasteiger partial charge in [0.2, 0.25) is 0 Å². The molecule has 11 rings (SSSR count). The largest absolute Gasteiger partial charge is 0.380 e. The average Bonchev–Trinajstić information content (AvgIpc) is 3.74. The van der Waals surface area contributed by atoms with Gasteiger partial charge in [-0.05, 0) is 77.0 Å². The molecule has 0 radical (unpaired) electrons. The maximum atomic E-state index is 7.46. The maximum Gasteiger partial charge on any atom is 0.0781 e. The molecule has 240 valence electrons. The van der Waals surface area contributed by atoms with Crippen LogP contribution in [0.15, 0.2) is 78.9 Å². The van der Waals surface area contributed by atoms with Gasteiger partial charge in [0.05, 0.1) is 35.8 Å². The van der Waals surface area contributed by atoms with Gasteiger partial charge in [0, 0.05) is 65.3 Å². The van der Waals surface area contributed by atoms with Gasteiger partial charge in [0.25, 0.3) is 0 Å². The van der Waals surface area contributed by atoms with Crippen molar-refractivity contribution in [2.24, 2.45) is 47.3 Å². The molecule has 2 spiro atoms. The molecular formula is C40H47N3O3. The van der Waals surface area contributed by atoms with Crippen LogP contribution in [0.25, 0.3) is 0 Å². The molecule has 7 fully saturated rings. The third-order valence-electron chi connectivity index (χ3n) is 13.7. The van der Waals surface area contributed by atoms with Gasteiger partial charge in [-0.15, -0.1) is 0 Å². The maximum absolute atomic E-state index is 7.46.